The number of carbonyl (C=O) groups excluding carboxylic acids is 2. The third kappa shape index (κ3) is 8.03. The van der Waals surface area contributed by atoms with Crippen molar-refractivity contribution in [2.45, 2.75) is 70.8 Å². The van der Waals surface area contributed by atoms with Gasteiger partial charge in [0.25, 0.3) is 11.8 Å². The van der Waals surface area contributed by atoms with Crippen LogP contribution in [0.15, 0.2) is 46.9 Å². The summed E-state index contributed by atoms with van der Waals surface area (Å²) in [7, 11) is 1.75. The monoisotopic (exact) mass is 573 g/mol. The van der Waals surface area contributed by atoms with Gasteiger partial charge in [-0.05, 0) is 77.7 Å². The predicted octanol–water partition coefficient (Wildman–Crippen LogP) is 6.62. The van der Waals surface area contributed by atoms with E-state index in [1.165, 1.54) is 19.3 Å². The summed E-state index contributed by atoms with van der Waals surface area (Å²) in [5.41, 5.74) is 1.63. The molecule has 1 saturated carbocycles. The average molecular weight is 575 g/mol. The standard InChI is InChI=1S/C28H36BrN3O3S/c1-3-4-5-11-18-35-25-17-16-20(19-23(25)29)26(33)31-28(36)32(2)24-15-10-9-14-22(24)27(34)30-21-12-7-6-8-13-21/h9-10,14-17,19,21H,3-8,11-13,18H2,1-2H3,(H,30,34)(H,31,33,36). The first kappa shape index (κ1) is 28.1. The minimum Gasteiger partial charge on any atom is -0.492 e. The van der Waals surface area contributed by atoms with Gasteiger partial charge in [-0.3, -0.25) is 14.9 Å². The molecule has 3 rings (SSSR count). The molecule has 1 fully saturated rings. The number of rotatable bonds is 10. The van der Waals surface area contributed by atoms with Gasteiger partial charge in [-0.2, -0.15) is 0 Å². The molecular formula is C28H36BrN3O3S. The largest absolute Gasteiger partial charge is 0.492 e. The summed E-state index contributed by atoms with van der Waals surface area (Å²) in [5.74, 6) is 0.263. The van der Waals surface area contributed by atoms with E-state index in [4.69, 9.17) is 17.0 Å². The van der Waals surface area contributed by atoms with Crippen LogP contribution < -0.4 is 20.3 Å². The number of halogens is 1. The van der Waals surface area contributed by atoms with Crippen molar-refractivity contribution in [1.82, 2.24) is 10.6 Å². The lowest BCUT2D eigenvalue weighted by Gasteiger charge is -2.26. The first-order chi connectivity index (χ1) is 17.4. The van der Waals surface area contributed by atoms with Crippen LogP contribution in [0.5, 0.6) is 5.75 Å². The molecule has 0 bridgehead atoms. The Kier molecular flexibility index (Phi) is 11.2. The molecule has 2 N–H and O–H groups in total. The average Bonchev–Trinajstić information content (AvgIpc) is 2.89. The van der Waals surface area contributed by atoms with Gasteiger partial charge in [-0.15, -0.1) is 0 Å². The molecule has 0 spiro atoms. The van der Waals surface area contributed by atoms with Crippen LogP contribution in [0, 0.1) is 0 Å². The number of benzene rings is 2. The van der Waals surface area contributed by atoms with Gasteiger partial charge in [0.1, 0.15) is 5.75 Å². The van der Waals surface area contributed by atoms with Crippen LogP contribution >= 0.6 is 28.1 Å². The zero-order valence-corrected chi connectivity index (χ0v) is 23.6. The fraction of sp³-hybridized carbons (Fsp3) is 0.464. The fourth-order valence-electron chi connectivity index (χ4n) is 4.30. The molecule has 2 aromatic rings. The Morgan fingerprint density at radius 3 is 2.53 bits per heavy atom. The number of carbonyl (C=O) groups is 2. The van der Waals surface area contributed by atoms with Crippen molar-refractivity contribution in [3.8, 4) is 5.75 Å². The van der Waals surface area contributed by atoms with E-state index in [0.29, 0.717) is 29.2 Å². The molecule has 1 aliphatic rings. The maximum atomic E-state index is 13.0. The molecular weight excluding hydrogens is 538 g/mol. The van der Waals surface area contributed by atoms with Crippen LogP contribution in [0.1, 0.15) is 85.4 Å². The Labute approximate surface area is 228 Å². The zero-order valence-electron chi connectivity index (χ0n) is 21.1. The highest BCUT2D eigenvalue weighted by Crippen LogP contribution is 2.27. The molecule has 8 heteroatoms. The third-order valence-electron chi connectivity index (χ3n) is 6.43. The van der Waals surface area contributed by atoms with Crippen molar-refractivity contribution in [1.29, 1.82) is 0 Å². The predicted molar refractivity (Wildman–Crippen MR) is 153 cm³/mol. The molecule has 36 heavy (non-hydrogen) atoms. The summed E-state index contributed by atoms with van der Waals surface area (Å²) in [6.07, 6.45) is 10.1. The summed E-state index contributed by atoms with van der Waals surface area (Å²) < 4.78 is 6.55. The third-order valence-corrected chi connectivity index (χ3v) is 7.42. The number of hydrogen-bond donors (Lipinski definition) is 2. The van der Waals surface area contributed by atoms with E-state index in [-0.39, 0.29) is 23.0 Å². The lowest BCUT2D eigenvalue weighted by molar-refractivity contribution is 0.0927. The van der Waals surface area contributed by atoms with E-state index in [1.807, 2.05) is 18.2 Å². The lowest BCUT2D eigenvalue weighted by atomic mass is 9.95. The molecule has 194 valence electrons. The number of amides is 2. The first-order valence-electron chi connectivity index (χ1n) is 12.8. The SMILES string of the molecule is CCCCCCOc1ccc(C(=O)NC(=S)N(C)c2ccccc2C(=O)NC2CCCCC2)cc1Br. The van der Waals surface area contributed by atoms with Gasteiger partial charge in [0.05, 0.1) is 22.3 Å². The van der Waals surface area contributed by atoms with E-state index in [1.54, 1.807) is 36.2 Å². The molecule has 0 radical (unpaired) electrons. The van der Waals surface area contributed by atoms with Crippen molar-refractivity contribution >= 4 is 50.8 Å². The van der Waals surface area contributed by atoms with Crippen molar-refractivity contribution in [3.63, 3.8) is 0 Å². The van der Waals surface area contributed by atoms with Crippen LogP contribution in [0.2, 0.25) is 0 Å². The molecule has 2 aromatic carbocycles. The molecule has 0 unspecified atom stereocenters. The molecule has 2 amide bonds. The summed E-state index contributed by atoms with van der Waals surface area (Å²) in [6.45, 7) is 2.82. The Balaban J connectivity index is 1.61. The summed E-state index contributed by atoms with van der Waals surface area (Å²) >= 11 is 9.02. The van der Waals surface area contributed by atoms with Crippen molar-refractivity contribution in [2.24, 2.45) is 0 Å². The molecule has 0 aromatic heterocycles. The van der Waals surface area contributed by atoms with Gasteiger partial charge in [-0.1, -0.05) is 57.6 Å². The van der Waals surface area contributed by atoms with Crippen molar-refractivity contribution in [3.05, 3.63) is 58.1 Å². The highest BCUT2D eigenvalue weighted by molar-refractivity contribution is 9.10. The van der Waals surface area contributed by atoms with E-state index >= 15 is 0 Å². The van der Waals surface area contributed by atoms with Gasteiger partial charge in [0.15, 0.2) is 5.11 Å². The minimum atomic E-state index is -0.328. The van der Waals surface area contributed by atoms with Crippen LogP contribution in [0.4, 0.5) is 5.69 Å². The van der Waals surface area contributed by atoms with Gasteiger partial charge in [0.2, 0.25) is 0 Å². The van der Waals surface area contributed by atoms with E-state index in [9.17, 15) is 9.59 Å². The summed E-state index contributed by atoms with van der Waals surface area (Å²) in [6, 6.07) is 12.7. The fourth-order valence-corrected chi connectivity index (χ4v) is 4.99. The minimum absolute atomic E-state index is 0.118. The smallest absolute Gasteiger partial charge is 0.257 e. The number of thiocarbonyl (C=S) groups is 1. The Morgan fingerprint density at radius 1 is 1.06 bits per heavy atom. The summed E-state index contributed by atoms with van der Waals surface area (Å²) in [5, 5.41) is 6.15. The quantitative estimate of drug-likeness (QED) is 0.247. The molecule has 0 saturated heterocycles. The van der Waals surface area contributed by atoms with Crippen molar-refractivity contribution < 1.29 is 14.3 Å². The maximum absolute atomic E-state index is 13.0. The number of anilines is 1. The highest BCUT2D eigenvalue weighted by atomic mass is 79.9. The highest BCUT2D eigenvalue weighted by Gasteiger charge is 2.21. The van der Waals surface area contributed by atoms with E-state index in [2.05, 4.69) is 33.5 Å². The first-order valence-corrected chi connectivity index (χ1v) is 14.0. The van der Waals surface area contributed by atoms with Gasteiger partial charge in [0, 0.05) is 18.7 Å². The molecule has 6 nitrogen and oxygen atoms in total. The summed E-state index contributed by atoms with van der Waals surface area (Å²) in [4.78, 5) is 27.6. The number of unbranched alkanes of at least 4 members (excludes halogenated alkanes) is 3. The van der Waals surface area contributed by atoms with E-state index < -0.39 is 0 Å². The van der Waals surface area contributed by atoms with Gasteiger partial charge < -0.3 is 15.0 Å². The second-order valence-corrected chi connectivity index (χ2v) is 10.4. The number of nitrogens with zero attached hydrogens (tertiary/aromatic N) is 1. The Hall–Kier alpha value is -2.45. The molecule has 1 aliphatic carbocycles. The topological polar surface area (TPSA) is 70.7 Å². The number of hydrogen-bond acceptors (Lipinski definition) is 4. The Bertz CT molecular complexity index is 1060. The normalized spacial score (nSPS) is 13.6. The zero-order chi connectivity index (χ0) is 25.9. The lowest BCUT2D eigenvalue weighted by Crippen LogP contribution is -2.42. The Morgan fingerprint density at radius 2 is 1.81 bits per heavy atom. The van der Waals surface area contributed by atoms with Gasteiger partial charge in [-0.25, -0.2) is 0 Å². The number of nitrogens with one attached hydrogen (secondary N) is 2. The van der Waals surface area contributed by atoms with Crippen LogP contribution in [-0.4, -0.2) is 36.6 Å². The number of ether oxygens (including phenoxy) is 1. The second kappa shape index (κ2) is 14.3. The molecule has 0 heterocycles. The molecule has 0 atom stereocenters. The van der Waals surface area contributed by atoms with Crippen LogP contribution in [-0.2, 0) is 0 Å². The van der Waals surface area contributed by atoms with Gasteiger partial charge >= 0.3 is 0 Å². The second-order valence-electron chi connectivity index (χ2n) is 9.20. The van der Waals surface area contributed by atoms with Crippen LogP contribution in [0.25, 0.3) is 0 Å². The molecule has 0 aliphatic heterocycles. The maximum Gasteiger partial charge on any atom is 0.257 e. The van der Waals surface area contributed by atoms with Crippen LogP contribution in [0.3, 0.4) is 0 Å². The number of para-hydroxylation sites is 1. The van der Waals surface area contributed by atoms with E-state index in [0.717, 1.165) is 43.0 Å². The van der Waals surface area contributed by atoms with Crippen molar-refractivity contribution in [2.75, 3.05) is 18.6 Å².